The fourth-order valence-electron chi connectivity index (χ4n) is 3.10. The third-order valence-corrected chi connectivity index (χ3v) is 5.97. The van der Waals surface area contributed by atoms with Gasteiger partial charge in [-0.1, -0.05) is 6.07 Å². The molecule has 168 valence electrons. The molecule has 2 unspecified atom stereocenters. The van der Waals surface area contributed by atoms with E-state index in [0.29, 0.717) is 35.1 Å². The molecule has 0 aliphatic rings. The maximum atomic E-state index is 13.4. The van der Waals surface area contributed by atoms with E-state index in [0.717, 1.165) is 0 Å². The molecule has 0 amide bonds. The monoisotopic (exact) mass is 450 g/mol. The van der Waals surface area contributed by atoms with Crippen molar-refractivity contribution >= 4 is 17.5 Å². The highest BCUT2D eigenvalue weighted by molar-refractivity contribution is 7.99. The number of thioether (sulfide) groups is 1. The summed E-state index contributed by atoms with van der Waals surface area (Å²) in [5, 5.41) is 11.3. The minimum atomic E-state index is -1.57. The van der Waals surface area contributed by atoms with E-state index in [2.05, 4.69) is 0 Å². The number of hydrogen-bond donors (Lipinski definition) is 1. The average molecular weight is 451 g/mol. The van der Waals surface area contributed by atoms with Crippen LogP contribution in [0.15, 0.2) is 36.4 Å². The Bertz CT molecular complexity index is 923. The number of carbonyl (C=O) groups is 1. The van der Waals surface area contributed by atoms with Crippen molar-refractivity contribution in [3.63, 3.8) is 0 Å². The van der Waals surface area contributed by atoms with E-state index in [-0.39, 0.29) is 11.3 Å². The molecule has 0 bridgehead atoms. The Morgan fingerprint density at radius 1 is 1.00 bits per heavy atom. The number of ether oxygens (including phenoxy) is 4. The van der Waals surface area contributed by atoms with Gasteiger partial charge in [-0.3, -0.25) is 14.9 Å². The lowest BCUT2D eigenvalue weighted by atomic mass is 9.96. The van der Waals surface area contributed by atoms with Crippen molar-refractivity contribution < 1.29 is 28.7 Å². The summed E-state index contributed by atoms with van der Waals surface area (Å²) in [6.07, 6.45) is 0. The summed E-state index contributed by atoms with van der Waals surface area (Å²) >= 11 is 1.24. The van der Waals surface area contributed by atoms with Gasteiger partial charge in [0, 0.05) is 23.3 Å². The molecule has 0 aliphatic heterocycles. The average Bonchev–Trinajstić information content (AvgIpc) is 2.80. The molecule has 0 aliphatic carbocycles. The number of rotatable bonds is 12. The molecule has 2 rings (SSSR count). The standard InChI is InChI=1S/C21H26N2O7S/c1-27-14-6-7-15(17(12-14)29-3)20(24)19(23(25)26)21(31-10-9-22)13-5-8-16(28-2)18(11-13)30-4/h5-8,11-12,19,21H,9-10,22H2,1-4H3. The van der Waals surface area contributed by atoms with E-state index in [4.69, 9.17) is 24.7 Å². The maximum absolute atomic E-state index is 13.4. The first-order valence-electron chi connectivity index (χ1n) is 9.35. The SMILES string of the molecule is COc1ccc(C(=O)C(C(SCCN)c2ccc(OC)c(OC)c2)[N+](=O)[O-])c(OC)c1. The molecular weight excluding hydrogens is 424 g/mol. The molecule has 0 saturated carbocycles. The van der Waals surface area contributed by atoms with Crippen LogP contribution in [0.4, 0.5) is 0 Å². The van der Waals surface area contributed by atoms with Crippen LogP contribution in [0.25, 0.3) is 0 Å². The van der Waals surface area contributed by atoms with Crippen molar-refractivity contribution in [2.24, 2.45) is 5.73 Å². The predicted molar refractivity (Wildman–Crippen MR) is 118 cm³/mol. The molecular formula is C21H26N2O7S. The lowest BCUT2D eigenvalue weighted by molar-refractivity contribution is -0.505. The van der Waals surface area contributed by atoms with Crippen molar-refractivity contribution in [3.8, 4) is 23.0 Å². The van der Waals surface area contributed by atoms with Gasteiger partial charge in [0.25, 0.3) is 6.04 Å². The van der Waals surface area contributed by atoms with Crippen LogP contribution in [0.3, 0.4) is 0 Å². The van der Waals surface area contributed by atoms with E-state index in [1.54, 1.807) is 24.3 Å². The summed E-state index contributed by atoms with van der Waals surface area (Å²) in [6, 6.07) is 7.95. The van der Waals surface area contributed by atoms with Gasteiger partial charge in [0.15, 0.2) is 11.5 Å². The Balaban J connectivity index is 2.56. The smallest absolute Gasteiger partial charge is 0.290 e. The lowest BCUT2D eigenvalue weighted by Crippen LogP contribution is -2.35. The highest BCUT2D eigenvalue weighted by Crippen LogP contribution is 2.40. The van der Waals surface area contributed by atoms with Crippen LogP contribution >= 0.6 is 11.8 Å². The highest BCUT2D eigenvalue weighted by atomic mass is 32.2. The first kappa shape index (κ1) is 24.3. The van der Waals surface area contributed by atoms with E-state index in [9.17, 15) is 14.9 Å². The van der Waals surface area contributed by atoms with Gasteiger partial charge in [0.05, 0.1) is 34.0 Å². The molecule has 2 atom stereocenters. The third-order valence-electron chi connectivity index (χ3n) is 4.61. The van der Waals surface area contributed by atoms with E-state index < -0.39 is 22.0 Å². The molecule has 0 saturated heterocycles. The summed E-state index contributed by atoms with van der Waals surface area (Å²) in [7, 11) is 5.84. The van der Waals surface area contributed by atoms with Crippen molar-refractivity contribution in [3.05, 3.63) is 57.6 Å². The zero-order chi connectivity index (χ0) is 23.0. The second-order valence-corrected chi connectivity index (χ2v) is 7.60. The van der Waals surface area contributed by atoms with Gasteiger partial charge in [0.2, 0.25) is 5.78 Å². The second-order valence-electron chi connectivity index (χ2n) is 6.36. The molecule has 31 heavy (non-hydrogen) atoms. The fourth-order valence-corrected chi connectivity index (χ4v) is 4.23. The Hall–Kier alpha value is -2.98. The molecule has 0 aromatic heterocycles. The molecule has 0 radical (unpaired) electrons. The van der Waals surface area contributed by atoms with Crippen LogP contribution < -0.4 is 24.7 Å². The number of nitrogens with two attached hydrogens (primary N) is 1. The largest absolute Gasteiger partial charge is 0.497 e. The summed E-state index contributed by atoms with van der Waals surface area (Å²) in [6.45, 7) is 0.305. The highest BCUT2D eigenvalue weighted by Gasteiger charge is 2.42. The molecule has 9 nitrogen and oxygen atoms in total. The van der Waals surface area contributed by atoms with E-state index in [1.165, 1.54) is 52.3 Å². The van der Waals surface area contributed by atoms with Crippen LogP contribution in [0.1, 0.15) is 21.2 Å². The molecule has 0 heterocycles. The van der Waals surface area contributed by atoms with E-state index in [1.807, 2.05) is 0 Å². The topological polar surface area (TPSA) is 123 Å². The number of methoxy groups -OCH3 is 4. The van der Waals surface area contributed by atoms with Gasteiger partial charge in [-0.15, -0.1) is 11.8 Å². The van der Waals surface area contributed by atoms with Gasteiger partial charge >= 0.3 is 0 Å². The van der Waals surface area contributed by atoms with Gasteiger partial charge in [-0.2, -0.15) is 0 Å². The van der Waals surface area contributed by atoms with Crippen molar-refractivity contribution in [2.75, 3.05) is 40.7 Å². The van der Waals surface area contributed by atoms with Crippen LogP contribution in [0.5, 0.6) is 23.0 Å². The fraction of sp³-hybridized carbons (Fsp3) is 0.381. The maximum Gasteiger partial charge on any atom is 0.290 e. The number of Topliss-reactive ketones (excluding diaryl/α,β-unsaturated/α-hetero) is 1. The van der Waals surface area contributed by atoms with Crippen LogP contribution in [-0.2, 0) is 0 Å². The van der Waals surface area contributed by atoms with Crippen LogP contribution in [0, 0.1) is 10.1 Å². The number of benzene rings is 2. The lowest BCUT2D eigenvalue weighted by Gasteiger charge is -2.22. The van der Waals surface area contributed by atoms with Gasteiger partial charge in [-0.05, 0) is 29.8 Å². The molecule has 2 N–H and O–H groups in total. The zero-order valence-electron chi connectivity index (χ0n) is 17.8. The summed E-state index contributed by atoms with van der Waals surface area (Å²) in [4.78, 5) is 24.9. The molecule has 10 heteroatoms. The number of nitrogens with zero attached hydrogens (tertiary/aromatic N) is 1. The Kier molecular flexibility index (Phi) is 8.95. The Morgan fingerprint density at radius 3 is 2.23 bits per heavy atom. The second kappa shape index (κ2) is 11.4. The molecule has 0 fully saturated rings. The first-order chi connectivity index (χ1) is 14.9. The Morgan fingerprint density at radius 2 is 1.68 bits per heavy atom. The van der Waals surface area contributed by atoms with Crippen LogP contribution in [-0.4, -0.2) is 57.5 Å². The van der Waals surface area contributed by atoms with Gasteiger partial charge in [-0.25, -0.2) is 0 Å². The molecule has 2 aromatic rings. The summed E-state index contributed by atoms with van der Waals surface area (Å²) < 4.78 is 21.0. The Labute approximate surface area is 185 Å². The minimum absolute atomic E-state index is 0.101. The van der Waals surface area contributed by atoms with Crippen molar-refractivity contribution in [1.29, 1.82) is 0 Å². The normalized spacial score (nSPS) is 12.5. The summed E-state index contributed by atoms with van der Waals surface area (Å²) in [5.74, 6) is 1.32. The minimum Gasteiger partial charge on any atom is -0.497 e. The zero-order valence-corrected chi connectivity index (χ0v) is 18.6. The number of hydrogen-bond acceptors (Lipinski definition) is 9. The van der Waals surface area contributed by atoms with Crippen molar-refractivity contribution in [2.45, 2.75) is 11.3 Å². The predicted octanol–water partition coefficient (Wildman–Crippen LogP) is 2.98. The van der Waals surface area contributed by atoms with Gasteiger partial charge in [0.1, 0.15) is 16.7 Å². The first-order valence-corrected chi connectivity index (χ1v) is 10.4. The quantitative estimate of drug-likeness (QED) is 0.295. The number of carbonyl (C=O) groups excluding carboxylic acids is 1. The van der Waals surface area contributed by atoms with E-state index >= 15 is 0 Å². The third kappa shape index (κ3) is 5.59. The van der Waals surface area contributed by atoms with Crippen LogP contribution in [0.2, 0.25) is 0 Å². The number of nitro groups is 1. The molecule has 2 aromatic carbocycles. The van der Waals surface area contributed by atoms with Crippen molar-refractivity contribution in [1.82, 2.24) is 0 Å². The summed E-state index contributed by atoms with van der Waals surface area (Å²) in [5.41, 5.74) is 6.30. The molecule has 0 spiro atoms. The number of ketones is 1. The van der Waals surface area contributed by atoms with Gasteiger partial charge < -0.3 is 24.7 Å².